The summed E-state index contributed by atoms with van der Waals surface area (Å²) in [5.74, 6) is 0.410. The Bertz CT molecular complexity index is 732. The van der Waals surface area contributed by atoms with Crippen molar-refractivity contribution in [3.8, 4) is 0 Å². The number of amides is 1. The van der Waals surface area contributed by atoms with Crippen LogP contribution in [0.4, 0.5) is 0 Å². The largest absolute Gasteiger partial charge is 0.383 e. The molecule has 0 atom stereocenters. The van der Waals surface area contributed by atoms with E-state index < -0.39 is 0 Å². The first-order valence-electron chi connectivity index (χ1n) is 8.27. The van der Waals surface area contributed by atoms with Crippen molar-refractivity contribution in [1.29, 1.82) is 0 Å². The van der Waals surface area contributed by atoms with Crippen molar-refractivity contribution in [1.82, 2.24) is 15.6 Å². The van der Waals surface area contributed by atoms with Gasteiger partial charge in [-0.05, 0) is 37.1 Å². The number of carbonyl (C=O) groups excluding carboxylic acids is 1. The fraction of sp³-hybridized carbons (Fsp3) is 0.444. The number of benzene rings is 1. The number of pyridine rings is 1. The maximum atomic E-state index is 12.6. The summed E-state index contributed by atoms with van der Waals surface area (Å²) in [7, 11) is 1.67. The number of rotatable bonds is 8. The minimum atomic E-state index is -0.0832. The van der Waals surface area contributed by atoms with Gasteiger partial charge in [0.25, 0.3) is 5.91 Å². The number of fused-ring (bicyclic) bond motifs is 1. The van der Waals surface area contributed by atoms with E-state index in [-0.39, 0.29) is 5.91 Å². The highest BCUT2D eigenvalue weighted by Gasteiger charge is 2.27. The second kappa shape index (κ2) is 7.92. The lowest BCUT2D eigenvalue weighted by Gasteiger charge is -2.11. The van der Waals surface area contributed by atoms with Crippen LogP contribution in [-0.4, -0.2) is 44.2 Å². The number of hydrogen-bond acceptors (Lipinski definition) is 4. The molecular formula is C18H22ClN3O2. The number of nitrogens with one attached hydrogen (secondary N) is 2. The topological polar surface area (TPSA) is 63.2 Å². The predicted octanol–water partition coefficient (Wildman–Crippen LogP) is 2.73. The normalized spacial score (nSPS) is 14.1. The van der Waals surface area contributed by atoms with E-state index in [1.54, 1.807) is 7.11 Å². The lowest BCUT2D eigenvalue weighted by Crippen LogP contribution is -2.33. The molecule has 1 heterocycles. The van der Waals surface area contributed by atoms with Gasteiger partial charge in [0, 0.05) is 48.8 Å². The third-order valence-electron chi connectivity index (χ3n) is 4.10. The van der Waals surface area contributed by atoms with Crippen LogP contribution in [0.5, 0.6) is 0 Å². The van der Waals surface area contributed by atoms with E-state index in [0.29, 0.717) is 36.2 Å². The summed E-state index contributed by atoms with van der Waals surface area (Å²) in [5, 5.41) is 7.58. The Morgan fingerprint density at radius 2 is 2.12 bits per heavy atom. The van der Waals surface area contributed by atoms with Crippen LogP contribution in [0, 0.1) is 0 Å². The van der Waals surface area contributed by atoms with Crippen LogP contribution in [0.15, 0.2) is 24.3 Å². The molecule has 2 aromatic rings. The monoisotopic (exact) mass is 347 g/mol. The van der Waals surface area contributed by atoms with Crippen molar-refractivity contribution in [2.75, 3.05) is 33.4 Å². The van der Waals surface area contributed by atoms with Gasteiger partial charge in [0.1, 0.15) is 0 Å². The van der Waals surface area contributed by atoms with Gasteiger partial charge in [-0.1, -0.05) is 11.6 Å². The first-order chi connectivity index (χ1) is 11.7. The molecule has 0 aliphatic heterocycles. The molecule has 128 valence electrons. The standard InChI is InChI=1S/C18H22ClN3O2/c1-24-9-8-20-6-7-21-18(23)15-11-17(12-2-3-12)22-16-5-4-13(19)10-14(15)16/h4-5,10-12,20H,2-3,6-9H2,1H3,(H,21,23). The van der Waals surface area contributed by atoms with E-state index in [0.717, 1.165) is 36.0 Å². The molecule has 3 rings (SSSR count). The molecule has 0 unspecified atom stereocenters. The predicted molar refractivity (Wildman–Crippen MR) is 95.8 cm³/mol. The maximum absolute atomic E-state index is 12.6. The van der Waals surface area contributed by atoms with Crippen LogP contribution < -0.4 is 10.6 Å². The van der Waals surface area contributed by atoms with Crippen LogP contribution in [0.3, 0.4) is 0 Å². The molecule has 0 radical (unpaired) electrons. The van der Waals surface area contributed by atoms with Gasteiger partial charge in [0.15, 0.2) is 0 Å². The summed E-state index contributed by atoms with van der Waals surface area (Å²) in [6.07, 6.45) is 2.30. The van der Waals surface area contributed by atoms with E-state index in [2.05, 4.69) is 15.6 Å². The second-order valence-electron chi connectivity index (χ2n) is 6.03. The molecule has 1 saturated carbocycles. The van der Waals surface area contributed by atoms with E-state index in [4.69, 9.17) is 16.3 Å². The summed E-state index contributed by atoms with van der Waals surface area (Å²) >= 11 is 6.10. The molecule has 5 nitrogen and oxygen atoms in total. The van der Waals surface area contributed by atoms with E-state index in [1.807, 2.05) is 24.3 Å². The van der Waals surface area contributed by atoms with Gasteiger partial charge in [0.2, 0.25) is 0 Å². The van der Waals surface area contributed by atoms with Crippen LogP contribution in [0.1, 0.15) is 34.8 Å². The number of carbonyl (C=O) groups is 1. The Balaban J connectivity index is 1.74. The zero-order valence-corrected chi connectivity index (χ0v) is 14.5. The quantitative estimate of drug-likeness (QED) is 0.721. The van der Waals surface area contributed by atoms with Gasteiger partial charge < -0.3 is 15.4 Å². The molecule has 0 spiro atoms. The minimum absolute atomic E-state index is 0.0832. The molecule has 6 heteroatoms. The molecule has 0 saturated heterocycles. The number of nitrogens with zero attached hydrogens (tertiary/aromatic N) is 1. The van der Waals surface area contributed by atoms with Crippen LogP contribution in [-0.2, 0) is 4.74 Å². The first-order valence-corrected chi connectivity index (χ1v) is 8.65. The van der Waals surface area contributed by atoms with E-state index in [9.17, 15) is 4.79 Å². The van der Waals surface area contributed by atoms with Gasteiger partial charge in [-0.15, -0.1) is 0 Å². The highest BCUT2D eigenvalue weighted by molar-refractivity contribution is 6.31. The fourth-order valence-corrected chi connectivity index (χ4v) is 2.83. The molecule has 2 N–H and O–H groups in total. The molecule has 24 heavy (non-hydrogen) atoms. The molecule has 1 amide bonds. The lowest BCUT2D eigenvalue weighted by atomic mass is 10.1. The van der Waals surface area contributed by atoms with Crippen LogP contribution in [0.25, 0.3) is 10.9 Å². The second-order valence-corrected chi connectivity index (χ2v) is 6.47. The number of aromatic nitrogens is 1. The van der Waals surface area contributed by atoms with Gasteiger partial charge in [0.05, 0.1) is 17.7 Å². The Kier molecular flexibility index (Phi) is 5.66. The third kappa shape index (κ3) is 4.23. The summed E-state index contributed by atoms with van der Waals surface area (Å²) in [4.78, 5) is 17.3. The molecule has 1 aliphatic rings. The summed E-state index contributed by atoms with van der Waals surface area (Å²) in [6.45, 7) is 2.69. The van der Waals surface area contributed by atoms with Crippen molar-refractivity contribution >= 4 is 28.4 Å². The third-order valence-corrected chi connectivity index (χ3v) is 4.34. The van der Waals surface area contributed by atoms with Crippen molar-refractivity contribution in [3.05, 3.63) is 40.5 Å². The Labute approximate surface area is 146 Å². The number of hydrogen-bond donors (Lipinski definition) is 2. The maximum Gasteiger partial charge on any atom is 0.252 e. The number of ether oxygens (including phenoxy) is 1. The number of halogens is 1. The first kappa shape index (κ1) is 17.1. The summed E-state index contributed by atoms with van der Waals surface area (Å²) < 4.78 is 4.97. The summed E-state index contributed by atoms with van der Waals surface area (Å²) in [6, 6.07) is 7.43. The SMILES string of the molecule is COCCNCCNC(=O)c1cc(C2CC2)nc2ccc(Cl)cc12. The molecular weight excluding hydrogens is 326 g/mol. The number of methoxy groups -OCH3 is 1. The van der Waals surface area contributed by atoms with Crippen LogP contribution >= 0.6 is 11.6 Å². The molecule has 1 aliphatic carbocycles. The molecule has 1 aromatic heterocycles. The fourth-order valence-electron chi connectivity index (χ4n) is 2.65. The van der Waals surface area contributed by atoms with Gasteiger partial charge >= 0.3 is 0 Å². The molecule has 1 fully saturated rings. The molecule has 0 bridgehead atoms. The Morgan fingerprint density at radius 3 is 2.88 bits per heavy atom. The van der Waals surface area contributed by atoms with Crippen molar-refractivity contribution < 1.29 is 9.53 Å². The zero-order valence-electron chi connectivity index (χ0n) is 13.8. The van der Waals surface area contributed by atoms with Crippen molar-refractivity contribution in [2.24, 2.45) is 0 Å². The Hall–Kier alpha value is -1.69. The van der Waals surface area contributed by atoms with Crippen molar-refractivity contribution in [3.63, 3.8) is 0 Å². The molecule has 1 aromatic carbocycles. The Morgan fingerprint density at radius 1 is 1.29 bits per heavy atom. The average Bonchev–Trinajstić information content (AvgIpc) is 3.42. The van der Waals surface area contributed by atoms with Crippen molar-refractivity contribution in [2.45, 2.75) is 18.8 Å². The van der Waals surface area contributed by atoms with E-state index in [1.165, 1.54) is 0 Å². The smallest absolute Gasteiger partial charge is 0.252 e. The van der Waals surface area contributed by atoms with Gasteiger partial charge in [-0.2, -0.15) is 0 Å². The van der Waals surface area contributed by atoms with E-state index >= 15 is 0 Å². The summed E-state index contributed by atoms with van der Waals surface area (Å²) in [5.41, 5.74) is 2.49. The lowest BCUT2D eigenvalue weighted by molar-refractivity contribution is 0.0955. The zero-order chi connectivity index (χ0) is 16.9. The minimum Gasteiger partial charge on any atom is -0.383 e. The highest BCUT2D eigenvalue weighted by atomic mass is 35.5. The highest BCUT2D eigenvalue weighted by Crippen LogP contribution is 2.40. The average molecular weight is 348 g/mol. The van der Waals surface area contributed by atoms with Gasteiger partial charge in [-0.3, -0.25) is 9.78 Å². The van der Waals surface area contributed by atoms with Crippen LogP contribution in [0.2, 0.25) is 5.02 Å². The van der Waals surface area contributed by atoms with Gasteiger partial charge in [-0.25, -0.2) is 0 Å².